The van der Waals surface area contributed by atoms with Crippen LogP contribution in [0, 0.1) is 0 Å². The second-order valence-electron chi connectivity index (χ2n) is 4.09. The molecule has 0 amide bonds. The lowest BCUT2D eigenvalue weighted by molar-refractivity contribution is -0.00940. The van der Waals surface area contributed by atoms with E-state index in [1.54, 1.807) is 18.4 Å². The summed E-state index contributed by atoms with van der Waals surface area (Å²) < 4.78 is 5.52. The Labute approximate surface area is 95.9 Å². The van der Waals surface area contributed by atoms with E-state index in [-0.39, 0.29) is 5.60 Å². The van der Waals surface area contributed by atoms with Crippen LogP contribution >= 0.6 is 11.3 Å². The van der Waals surface area contributed by atoms with E-state index >= 15 is 0 Å². The molecular formula is C11H20N2OS. The number of rotatable bonds is 6. The zero-order valence-corrected chi connectivity index (χ0v) is 10.7. The minimum absolute atomic E-state index is 0.153. The lowest BCUT2D eigenvalue weighted by Crippen LogP contribution is -2.49. The van der Waals surface area contributed by atoms with Crippen LogP contribution in [0.1, 0.15) is 25.6 Å². The van der Waals surface area contributed by atoms with Gasteiger partial charge in [-0.15, -0.1) is 11.3 Å². The highest BCUT2D eigenvalue weighted by atomic mass is 32.1. The van der Waals surface area contributed by atoms with Crippen LogP contribution in [0.15, 0.2) is 11.7 Å². The topological polar surface area (TPSA) is 34.2 Å². The molecule has 1 heterocycles. The van der Waals surface area contributed by atoms with Gasteiger partial charge < -0.3 is 10.1 Å². The molecule has 0 bridgehead atoms. The van der Waals surface area contributed by atoms with E-state index in [1.165, 1.54) is 4.88 Å². The highest BCUT2D eigenvalue weighted by Gasteiger charge is 2.28. The maximum absolute atomic E-state index is 5.52. The Morgan fingerprint density at radius 1 is 1.60 bits per heavy atom. The van der Waals surface area contributed by atoms with Gasteiger partial charge in [-0.25, -0.2) is 0 Å². The number of likely N-dealkylation sites (N-methyl/N-ethyl adjacent to an activating group) is 1. The molecule has 0 aliphatic carbocycles. The predicted octanol–water partition coefficient (Wildman–Crippen LogP) is 2.09. The van der Waals surface area contributed by atoms with E-state index in [0.29, 0.717) is 6.04 Å². The molecule has 0 radical (unpaired) electrons. The van der Waals surface area contributed by atoms with Crippen LogP contribution in [0.25, 0.3) is 0 Å². The highest BCUT2D eigenvalue weighted by Crippen LogP contribution is 2.19. The largest absolute Gasteiger partial charge is 0.377 e. The second-order valence-corrected chi connectivity index (χ2v) is 5.06. The molecule has 86 valence electrons. The molecule has 1 aromatic heterocycles. The quantitative estimate of drug-likeness (QED) is 0.809. The van der Waals surface area contributed by atoms with Gasteiger partial charge in [-0.2, -0.15) is 0 Å². The normalized spacial score (nSPS) is 14.1. The third kappa shape index (κ3) is 3.55. The van der Waals surface area contributed by atoms with E-state index in [0.717, 1.165) is 13.0 Å². The van der Waals surface area contributed by atoms with Crippen LogP contribution in [-0.4, -0.2) is 30.3 Å². The van der Waals surface area contributed by atoms with Crippen molar-refractivity contribution in [3.8, 4) is 0 Å². The molecule has 0 aliphatic heterocycles. The number of thiazole rings is 1. The van der Waals surface area contributed by atoms with E-state index < -0.39 is 0 Å². The molecule has 3 nitrogen and oxygen atoms in total. The van der Waals surface area contributed by atoms with Crippen molar-refractivity contribution in [2.24, 2.45) is 0 Å². The average Bonchev–Trinajstić information content (AvgIpc) is 2.70. The van der Waals surface area contributed by atoms with Gasteiger partial charge in [0, 0.05) is 30.6 Å². The summed E-state index contributed by atoms with van der Waals surface area (Å²) in [6, 6.07) is 0.327. The van der Waals surface area contributed by atoms with Crippen LogP contribution < -0.4 is 5.32 Å². The average molecular weight is 228 g/mol. The van der Waals surface area contributed by atoms with Gasteiger partial charge in [0.15, 0.2) is 0 Å². The maximum Gasteiger partial charge on any atom is 0.0794 e. The smallest absolute Gasteiger partial charge is 0.0794 e. The van der Waals surface area contributed by atoms with E-state index in [9.17, 15) is 0 Å². The third-order valence-electron chi connectivity index (χ3n) is 2.70. The first-order valence-electron chi connectivity index (χ1n) is 5.26. The summed E-state index contributed by atoms with van der Waals surface area (Å²) in [5.74, 6) is 0. The summed E-state index contributed by atoms with van der Waals surface area (Å²) in [6.45, 7) is 7.30. The van der Waals surface area contributed by atoms with Gasteiger partial charge in [0.1, 0.15) is 0 Å². The fraction of sp³-hybridized carbons (Fsp3) is 0.727. The van der Waals surface area contributed by atoms with Gasteiger partial charge in [0.05, 0.1) is 11.1 Å². The number of nitrogens with zero attached hydrogens (tertiary/aromatic N) is 1. The summed E-state index contributed by atoms with van der Waals surface area (Å²) in [5, 5.41) is 3.47. The Kier molecular flexibility index (Phi) is 4.70. The standard InChI is InChI=1S/C11H20N2OS/c1-5-13-10(11(2,3)14-4)6-9-7-12-8-15-9/h7-8,10,13H,5-6H2,1-4H3. The van der Waals surface area contributed by atoms with E-state index in [1.807, 2.05) is 11.7 Å². The van der Waals surface area contributed by atoms with Crippen molar-refractivity contribution in [2.45, 2.75) is 38.8 Å². The number of hydrogen-bond acceptors (Lipinski definition) is 4. The summed E-state index contributed by atoms with van der Waals surface area (Å²) in [5.41, 5.74) is 1.72. The molecule has 0 aliphatic rings. The maximum atomic E-state index is 5.52. The first-order chi connectivity index (χ1) is 7.10. The van der Waals surface area contributed by atoms with Crippen molar-refractivity contribution >= 4 is 11.3 Å². The van der Waals surface area contributed by atoms with Crippen molar-refractivity contribution in [1.29, 1.82) is 0 Å². The molecule has 1 atom stereocenters. The molecule has 1 aromatic rings. The lowest BCUT2D eigenvalue weighted by Gasteiger charge is -2.33. The van der Waals surface area contributed by atoms with Gasteiger partial charge in [-0.1, -0.05) is 6.92 Å². The summed E-state index contributed by atoms with van der Waals surface area (Å²) >= 11 is 1.70. The lowest BCUT2D eigenvalue weighted by atomic mass is 9.95. The number of hydrogen-bond donors (Lipinski definition) is 1. The minimum atomic E-state index is -0.153. The molecule has 1 N–H and O–H groups in total. The van der Waals surface area contributed by atoms with Crippen molar-refractivity contribution < 1.29 is 4.74 Å². The van der Waals surface area contributed by atoms with E-state index in [4.69, 9.17) is 4.74 Å². The monoisotopic (exact) mass is 228 g/mol. The number of ether oxygens (including phenoxy) is 1. The zero-order valence-electron chi connectivity index (χ0n) is 9.91. The first kappa shape index (κ1) is 12.6. The van der Waals surface area contributed by atoms with Gasteiger partial charge >= 0.3 is 0 Å². The van der Waals surface area contributed by atoms with Crippen LogP contribution in [0.5, 0.6) is 0 Å². The Hall–Kier alpha value is -0.450. The van der Waals surface area contributed by atoms with Crippen molar-refractivity contribution in [3.05, 3.63) is 16.6 Å². The molecule has 0 saturated heterocycles. The third-order valence-corrected chi connectivity index (χ3v) is 3.51. The van der Waals surface area contributed by atoms with Gasteiger partial charge in [0.2, 0.25) is 0 Å². The Morgan fingerprint density at radius 2 is 2.33 bits per heavy atom. The summed E-state index contributed by atoms with van der Waals surface area (Å²) in [6.07, 6.45) is 2.90. The zero-order chi connectivity index (χ0) is 11.3. The highest BCUT2D eigenvalue weighted by molar-refractivity contribution is 7.09. The predicted molar refractivity (Wildman–Crippen MR) is 64.4 cm³/mol. The van der Waals surface area contributed by atoms with Crippen molar-refractivity contribution in [1.82, 2.24) is 10.3 Å². The van der Waals surface area contributed by atoms with Gasteiger partial charge in [0.25, 0.3) is 0 Å². The molecule has 15 heavy (non-hydrogen) atoms. The van der Waals surface area contributed by atoms with Gasteiger partial charge in [-0.3, -0.25) is 4.98 Å². The number of methoxy groups -OCH3 is 1. The van der Waals surface area contributed by atoms with Crippen LogP contribution in [0.4, 0.5) is 0 Å². The molecule has 0 aromatic carbocycles. The molecule has 4 heteroatoms. The Bertz CT molecular complexity index is 272. The molecular weight excluding hydrogens is 208 g/mol. The Balaban J connectivity index is 2.66. The number of nitrogens with one attached hydrogen (secondary N) is 1. The summed E-state index contributed by atoms with van der Waals surface area (Å²) in [4.78, 5) is 5.39. The SMILES string of the molecule is CCNC(Cc1cncs1)C(C)(C)OC. The number of aromatic nitrogens is 1. The van der Waals surface area contributed by atoms with Crippen molar-refractivity contribution in [2.75, 3.05) is 13.7 Å². The minimum Gasteiger partial charge on any atom is -0.377 e. The molecule has 1 rings (SSSR count). The first-order valence-corrected chi connectivity index (χ1v) is 6.14. The van der Waals surface area contributed by atoms with Crippen LogP contribution in [0.3, 0.4) is 0 Å². The molecule has 1 unspecified atom stereocenters. The fourth-order valence-corrected chi connectivity index (χ4v) is 2.14. The molecule has 0 saturated carbocycles. The fourth-order valence-electron chi connectivity index (χ4n) is 1.50. The second kappa shape index (κ2) is 5.58. The molecule has 0 spiro atoms. The van der Waals surface area contributed by atoms with Crippen molar-refractivity contribution in [3.63, 3.8) is 0 Å². The molecule has 0 fully saturated rings. The summed E-state index contributed by atoms with van der Waals surface area (Å²) in [7, 11) is 1.76. The van der Waals surface area contributed by atoms with Gasteiger partial charge in [-0.05, 0) is 20.4 Å². The van der Waals surface area contributed by atoms with Crippen LogP contribution in [-0.2, 0) is 11.2 Å². The Morgan fingerprint density at radius 3 is 2.80 bits per heavy atom. The van der Waals surface area contributed by atoms with E-state index in [2.05, 4.69) is 31.1 Å². The van der Waals surface area contributed by atoms with Crippen LogP contribution in [0.2, 0.25) is 0 Å².